The number of hydrogen-bond acceptors (Lipinski definition) is 6. The maximum absolute atomic E-state index is 13.0. The summed E-state index contributed by atoms with van der Waals surface area (Å²) in [5.74, 6) is 2.01. The molecule has 2 N–H and O–H groups in total. The van der Waals surface area contributed by atoms with Gasteiger partial charge in [-0.05, 0) is 38.1 Å². The Hall–Kier alpha value is -2.03. The van der Waals surface area contributed by atoms with E-state index in [0.717, 1.165) is 48.8 Å². The lowest BCUT2D eigenvalue weighted by Crippen LogP contribution is -2.37. The standard InChI is InChI=1S/C19H25N5O2S/c1-20-19-16-13-24(27(25,26)15-5-3-2-4-6-15)12-9-17(16)22-18(23-19)14-7-10-21-11-8-14/h2-6,14,21H,7-13H2,1H3,(H,20,22,23). The van der Waals surface area contributed by atoms with Gasteiger partial charge in [0, 0.05) is 38.0 Å². The molecule has 0 radical (unpaired) electrons. The molecule has 0 aliphatic carbocycles. The van der Waals surface area contributed by atoms with Crippen LogP contribution in [0.3, 0.4) is 0 Å². The van der Waals surface area contributed by atoms with Crippen LogP contribution in [0.1, 0.15) is 35.8 Å². The van der Waals surface area contributed by atoms with Crippen LogP contribution < -0.4 is 10.6 Å². The summed E-state index contributed by atoms with van der Waals surface area (Å²) in [6, 6.07) is 8.59. The Morgan fingerprint density at radius 3 is 2.59 bits per heavy atom. The number of fused-ring (bicyclic) bond motifs is 1. The minimum Gasteiger partial charge on any atom is -0.373 e. The highest BCUT2D eigenvalue weighted by molar-refractivity contribution is 7.89. The summed E-state index contributed by atoms with van der Waals surface area (Å²) in [5.41, 5.74) is 1.86. The van der Waals surface area contributed by atoms with Gasteiger partial charge in [-0.3, -0.25) is 0 Å². The van der Waals surface area contributed by atoms with E-state index in [1.54, 1.807) is 24.3 Å². The first-order valence-electron chi connectivity index (χ1n) is 9.43. The van der Waals surface area contributed by atoms with Crippen LogP contribution in [0, 0.1) is 0 Å². The molecule has 3 heterocycles. The second-order valence-electron chi connectivity index (χ2n) is 7.03. The molecule has 0 unspecified atom stereocenters. The van der Waals surface area contributed by atoms with E-state index < -0.39 is 10.0 Å². The number of sulfonamides is 1. The van der Waals surface area contributed by atoms with E-state index in [2.05, 4.69) is 10.6 Å². The van der Waals surface area contributed by atoms with Crippen molar-refractivity contribution in [3.05, 3.63) is 47.4 Å². The minimum absolute atomic E-state index is 0.301. The van der Waals surface area contributed by atoms with Crippen molar-refractivity contribution in [2.24, 2.45) is 0 Å². The third-order valence-corrected chi connectivity index (χ3v) is 7.22. The van der Waals surface area contributed by atoms with Crippen LogP contribution in [0.25, 0.3) is 0 Å². The van der Waals surface area contributed by atoms with Crippen LogP contribution in [0.4, 0.5) is 5.82 Å². The second kappa shape index (κ2) is 7.53. The van der Waals surface area contributed by atoms with Crippen molar-refractivity contribution in [2.75, 3.05) is 32.0 Å². The van der Waals surface area contributed by atoms with E-state index in [9.17, 15) is 8.42 Å². The number of aromatic nitrogens is 2. The lowest BCUT2D eigenvalue weighted by molar-refractivity contribution is 0.384. The summed E-state index contributed by atoms with van der Waals surface area (Å²) in [7, 11) is -1.69. The van der Waals surface area contributed by atoms with E-state index in [4.69, 9.17) is 9.97 Å². The first-order valence-corrected chi connectivity index (χ1v) is 10.9. The molecule has 1 aromatic heterocycles. The molecule has 2 aliphatic rings. The SMILES string of the molecule is CNc1nc(C2CCNCC2)nc2c1CN(S(=O)(=O)c1ccccc1)CC2. The molecule has 1 aromatic carbocycles. The van der Waals surface area contributed by atoms with Gasteiger partial charge >= 0.3 is 0 Å². The Labute approximate surface area is 160 Å². The van der Waals surface area contributed by atoms with Crippen molar-refractivity contribution < 1.29 is 8.42 Å². The molecule has 4 rings (SSSR count). The van der Waals surface area contributed by atoms with Gasteiger partial charge in [0.05, 0.1) is 10.6 Å². The second-order valence-corrected chi connectivity index (χ2v) is 8.97. The summed E-state index contributed by atoms with van der Waals surface area (Å²) in [6.45, 7) is 2.72. The molecule has 0 atom stereocenters. The van der Waals surface area contributed by atoms with Crippen LogP contribution >= 0.6 is 0 Å². The average molecular weight is 388 g/mol. The van der Waals surface area contributed by atoms with Crippen molar-refractivity contribution in [2.45, 2.75) is 36.6 Å². The first-order chi connectivity index (χ1) is 13.1. The van der Waals surface area contributed by atoms with Crippen LogP contribution in [0.2, 0.25) is 0 Å². The Bertz CT molecular complexity index is 894. The van der Waals surface area contributed by atoms with E-state index in [0.29, 0.717) is 30.3 Å². The fraction of sp³-hybridized carbons (Fsp3) is 0.474. The van der Waals surface area contributed by atoms with Gasteiger partial charge < -0.3 is 10.6 Å². The molecule has 2 aliphatic heterocycles. The fourth-order valence-corrected chi connectivity index (χ4v) is 5.25. The summed E-state index contributed by atoms with van der Waals surface area (Å²) < 4.78 is 27.5. The fourth-order valence-electron chi connectivity index (χ4n) is 3.82. The van der Waals surface area contributed by atoms with Crippen LogP contribution in [0.5, 0.6) is 0 Å². The normalized spacial score (nSPS) is 18.9. The maximum atomic E-state index is 13.0. The van der Waals surface area contributed by atoms with Crippen molar-refractivity contribution >= 4 is 15.8 Å². The van der Waals surface area contributed by atoms with Crippen LogP contribution in [-0.2, 0) is 23.0 Å². The van der Waals surface area contributed by atoms with Crippen LogP contribution in [-0.4, -0.2) is 49.4 Å². The van der Waals surface area contributed by atoms with Crippen molar-refractivity contribution in [3.8, 4) is 0 Å². The molecular weight excluding hydrogens is 362 g/mol. The van der Waals surface area contributed by atoms with Gasteiger partial charge in [0.15, 0.2) is 0 Å². The van der Waals surface area contributed by atoms with E-state index in [1.165, 1.54) is 4.31 Å². The molecule has 27 heavy (non-hydrogen) atoms. The smallest absolute Gasteiger partial charge is 0.243 e. The molecule has 0 amide bonds. The van der Waals surface area contributed by atoms with Gasteiger partial charge in [-0.1, -0.05) is 18.2 Å². The molecule has 1 fully saturated rings. The van der Waals surface area contributed by atoms with Gasteiger partial charge in [-0.25, -0.2) is 18.4 Å². The number of nitrogens with zero attached hydrogens (tertiary/aromatic N) is 3. The summed E-state index contributed by atoms with van der Waals surface area (Å²) in [6.07, 6.45) is 2.68. The van der Waals surface area contributed by atoms with Crippen molar-refractivity contribution in [1.82, 2.24) is 19.6 Å². The molecule has 0 bridgehead atoms. The highest BCUT2D eigenvalue weighted by Gasteiger charge is 2.31. The predicted octanol–water partition coefficient (Wildman–Crippen LogP) is 1.73. The summed E-state index contributed by atoms with van der Waals surface area (Å²) >= 11 is 0. The predicted molar refractivity (Wildman–Crippen MR) is 104 cm³/mol. The zero-order valence-electron chi connectivity index (χ0n) is 15.5. The number of nitrogens with one attached hydrogen (secondary N) is 2. The lowest BCUT2D eigenvalue weighted by Gasteiger charge is -2.30. The van der Waals surface area contributed by atoms with Gasteiger partial charge in [0.1, 0.15) is 11.6 Å². The molecule has 7 nitrogen and oxygen atoms in total. The zero-order valence-corrected chi connectivity index (χ0v) is 16.3. The monoisotopic (exact) mass is 387 g/mol. The number of hydrogen-bond donors (Lipinski definition) is 2. The third-order valence-electron chi connectivity index (χ3n) is 5.36. The van der Waals surface area contributed by atoms with Crippen molar-refractivity contribution in [1.29, 1.82) is 0 Å². The Morgan fingerprint density at radius 2 is 1.89 bits per heavy atom. The minimum atomic E-state index is -3.52. The highest BCUT2D eigenvalue weighted by atomic mass is 32.2. The van der Waals surface area contributed by atoms with Crippen LogP contribution in [0.15, 0.2) is 35.2 Å². The lowest BCUT2D eigenvalue weighted by atomic mass is 9.96. The van der Waals surface area contributed by atoms with Gasteiger partial charge in [-0.2, -0.15) is 4.31 Å². The molecule has 1 saturated heterocycles. The molecule has 144 valence electrons. The zero-order chi connectivity index (χ0) is 18.9. The molecule has 0 saturated carbocycles. The first kappa shape index (κ1) is 18.3. The molecule has 0 spiro atoms. The topological polar surface area (TPSA) is 87.2 Å². The molecule has 2 aromatic rings. The Kier molecular flexibility index (Phi) is 5.12. The summed E-state index contributed by atoms with van der Waals surface area (Å²) in [5, 5.41) is 6.53. The third kappa shape index (κ3) is 3.56. The van der Waals surface area contributed by atoms with E-state index in [-0.39, 0.29) is 0 Å². The Morgan fingerprint density at radius 1 is 1.15 bits per heavy atom. The van der Waals surface area contributed by atoms with Crippen molar-refractivity contribution in [3.63, 3.8) is 0 Å². The molecular formula is C19H25N5O2S. The molecule has 8 heteroatoms. The van der Waals surface area contributed by atoms with E-state index >= 15 is 0 Å². The number of benzene rings is 1. The largest absolute Gasteiger partial charge is 0.373 e. The van der Waals surface area contributed by atoms with Gasteiger partial charge in [0.25, 0.3) is 0 Å². The summed E-state index contributed by atoms with van der Waals surface area (Å²) in [4.78, 5) is 9.91. The number of anilines is 1. The maximum Gasteiger partial charge on any atom is 0.243 e. The number of piperidine rings is 1. The average Bonchev–Trinajstić information content (AvgIpc) is 2.73. The Balaban J connectivity index is 1.64. The van der Waals surface area contributed by atoms with E-state index in [1.807, 2.05) is 13.1 Å². The van der Waals surface area contributed by atoms with Gasteiger partial charge in [0.2, 0.25) is 10.0 Å². The highest BCUT2D eigenvalue weighted by Crippen LogP contribution is 2.31. The quantitative estimate of drug-likeness (QED) is 0.831. The number of rotatable bonds is 4. The van der Waals surface area contributed by atoms with Gasteiger partial charge in [-0.15, -0.1) is 0 Å².